The zero-order valence-corrected chi connectivity index (χ0v) is 10.9. The van der Waals surface area contributed by atoms with E-state index in [0.29, 0.717) is 5.41 Å². The second-order valence-corrected chi connectivity index (χ2v) is 6.91. The maximum Gasteiger partial charge on any atom is 0.238 e. The molecule has 3 nitrogen and oxygen atoms in total. The highest BCUT2D eigenvalue weighted by Gasteiger charge is 2.25. The summed E-state index contributed by atoms with van der Waals surface area (Å²) in [5, 5.41) is 5.06. The number of hydrogen-bond donors (Lipinski definition) is 1. The van der Waals surface area contributed by atoms with E-state index in [9.17, 15) is 8.42 Å². The van der Waals surface area contributed by atoms with Gasteiger partial charge in [-0.15, -0.1) is 0 Å². The molecule has 0 amide bonds. The predicted molar refractivity (Wildman–Crippen MR) is 68.8 cm³/mol. The summed E-state index contributed by atoms with van der Waals surface area (Å²) in [6.45, 7) is 4.46. The van der Waals surface area contributed by atoms with Crippen molar-refractivity contribution < 1.29 is 8.42 Å². The van der Waals surface area contributed by atoms with E-state index >= 15 is 0 Å². The maximum absolute atomic E-state index is 11.1. The lowest BCUT2D eigenvalue weighted by molar-refractivity contribution is 0.403. The monoisotopic (exact) mass is 251 g/mol. The van der Waals surface area contributed by atoms with Gasteiger partial charge in [0.1, 0.15) is 0 Å². The summed E-state index contributed by atoms with van der Waals surface area (Å²) >= 11 is 0. The van der Waals surface area contributed by atoms with E-state index in [2.05, 4.69) is 19.9 Å². The third kappa shape index (κ3) is 2.76. The molecular weight excluding hydrogens is 234 g/mol. The van der Waals surface area contributed by atoms with Crippen LogP contribution in [0.3, 0.4) is 0 Å². The van der Waals surface area contributed by atoms with Crippen molar-refractivity contribution in [1.29, 1.82) is 0 Å². The average Bonchev–Trinajstić information content (AvgIpc) is 2.58. The van der Waals surface area contributed by atoms with Crippen molar-refractivity contribution in [2.75, 3.05) is 0 Å². The Morgan fingerprint density at radius 2 is 1.76 bits per heavy atom. The van der Waals surface area contributed by atoms with Crippen LogP contribution in [0.1, 0.15) is 32.3 Å². The molecule has 4 heteroatoms. The van der Waals surface area contributed by atoms with Crippen LogP contribution >= 0.6 is 0 Å². The van der Waals surface area contributed by atoms with Crippen molar-refractivity contribution in [3.63, 3.8) is 0 Å². The zero-order valence-electron chi connectivity index (χ0n) is 10.1. The first kappa shape index (κ1) is 12.3. The van der Waals surface area contributed by atoms with Crippen LogP contribution < -0.4 is 5.14 Å². The summed E-state index contributed by atoms with van der Waals surface area (Å²) < 4.78 is 22.3. The summed E-state index contributed by atoms with van der Waals surface area (Å²) in [4.78, 5) is 0.166. The summed E-state index contributed by atoms with van der Waals surface area (Å²) in [6.07, 6.45) is 4.33. The van der Waals surface area contributed by atoms with Gasteiger partial charge in [0, 0.05) is 0 Å². The Bertz CT molecular complexity index is 554. The fourth-order valence-corrected chi connectivity index (χ4v) is 2.65. The quantitative estimate of drug-likeness (QED) is 0.878. The molecule has 0 aromatic heterocycles. The molecule has 2 N–H and O–H groups in total. The molecule has 0 bridgehead atoms. The SMILES string of the molecule is CC1(C)CC=C(c2ccc(S(N)(=O)=O)cc2)C1. The Morgan fingerprint density at radius 1 is 1.18 bits per heavy atom. The van der Waals surface area contributed by atoms with Crippen LogP contribution in [0.5, 0.6) is 0 Å². The van der Waals surface area contributed by atoms with Gasteiger partial charge in [0.05, 0.1) is 4.90 Å². The molecule has 92 valence electrons. The molecule has 1 aliphatic carbocycles. The highest BCUT2D eigenvalue weighted by Crippen LogP contribution is 2.40. The molecule has 1 aromatic carbocycles. The van der Waals surface area contributed by atoms with Gasteiger partial charge in [-0.3, -0.25) is 0 Å². The standard InChI is InChI=1S/C13H17NO2S/c1-13(2)8-7-11(9-13)10-3-5-12(6-4-10)17(14,15)16/h3-7H,8-9H2,1-2H3,(H2,14,15,16). The van der Waals surface area contributed by atoms with Crippen molar-refractivity contribution in [3.8, 4) is 0 Å². The number of rotatable bonds is 2. The van der Waals surface area contributed by atoms with Crippen LogP contribution in [0.15, 0.2) is 35.2 Å². The first-order valence-electron chi connectivity index (χ1n) is 5.60. The molecule has 0 saturated heterocycles. The number of sulfonamides is 1. The molecule has 1 aromatic rings. The Hall–Kier alpha value is -1.13. The molecule has 0 unspecified atom stereocenters. The summed E-state index contributed by atoms with van der Waals surface area (Å²) in [6, 6.07) is 6.79. The molecule has 0 saturated carbocycles. The van der Waals surface area contributed by atoms with Gasteiger partial charge in [-0.1, -0.05) is 32.1 Å². The second-order valence-electron chi connectivity index (χ2n) is 5.34. The van der Waals surface area contributed by atoms with E-state index in [0.717, 1.165) is 18.4 Å². The van der Waals surface area contributed by atoms with E-state index in [-0.39, 0.29) is 4.90 Å². The van der Waals surface area contributed by atoms with E-state index in [1.54, 1.807) is 12.1 Å². The molecule has 0 spiro atoms. The van der Waals surface area contributed by atoms with E-state index in [1.165, 1.54) is 5.57 Å². The van der Waals surface area contributed by atoms with Gasteiger partial charge in [0.15, 0.2) is 0 Å². The molecule has 0 aliphatic heterocycles. The van der Waals surface area contributed by atoms with Crippen molar-refractivity contribution in [3.05, 3.63) is 35.9 Å². The smallest absolute Gasteiger partial charge is 0.225 e. The van der Waals surface area contributed by atoms with Crippen molar-refractivity contribution >= 4 is 15.6 Å². The zero-order chi connectivity index (χ0) is 12.7. The van der Waals surface area contributed by atoms with E-state index < -0.39 is 10.0 Å². The topological polar surface area (TPSA) is 60.2 Å². The highest BCUT2D eigenvalue weighted by molar-refractivity contribution is 7.89. The first-order valence-corrected chi connectivity index (χ1v) is 7.15. The van der Waals surface area contributed by atoms with Crippen LogP contribution in [-0.2, 0) is 10.0 Å². The first-order chi connectivity index (χ1) is 7.78. The molecule has 17 heavy (non-hydrogen) atoms. The lowest BCUT2D eigenvalue weighted by Crippen LogP contribution is -2.11. The summed E-state index contributed by atoms with van der Waals surface area (Å²) in [5.74, 6) is 0. The van der Waals surface area contributed by atoms with Gasteiger partial charge in [-0.05, 0) is 41.5 Å². The summed E-state index contributed by atoms with van der Waals surface area (Å²) in [5.41, 5.74) is 2.69. The predicted octanol–water partition coefficient (Wildman–Crippen LogP) is 2.54. The van der Waals surface area contributed by atoms with Crippen molar-refractivity contribution in [2.45, 2.75) is 31.6 Å². The molecule has 0 heterocycles. The van der Waals surface area contributed by atoms with E-state index in [4.69, 9.17) is 5.14 Å². The minimum absolute atomic E-state index is 0.166. The molecule has 2 rings (SSSR count). The second kappa shape index (κ2) is 3.96. The van der Waals surface area contributed by atoms with Gasteiger partial charge in [-0.2, -0.15) is 0 Å². The Kier molecular flexibility index (Phi) is 2.87. The number of primary sulfonamides is 1. The Balaban J connectivity index is 2.26. The van der Waals surface area contributed by atoms with Gasteiger partial charge >= 0.3 is 0 Å². The van der Waals surface area contributed by atoms with Crippen LogP contribution in [0, 0.1) is 5.41 Å². The fraction of sp³-hybridized carbons (Fsp3) is 0.385. The van der Waals surface area contributed by atoms with Crippen molar-refractivity contribution in [2.24, 2.45) is 10.6 Å². The molecule has 0 atom stereocenters. The van der Waals surface area contributed by atoms with Crippen molar-refractivity contribution in [1.82, 2.24) is 0 Å². The van der Waals surface area contributed by atoms with E-state index in [1.807, 2.05) is 12.1 Å². The maximum atomic E-state index is 11.1. The van der Waals surface area contributed by atoms with Gasteiger partial charge in [0.2, 0.25) is 10.0 Å². The number of allylic oxidation sites excluding steroid dienone is 2. The van der Waals surface area contributed by atoms with Crippen LogP contribution in [0.2, 0.25) is 0 Å². The van der Waals surface area contributed by atoms with Gasteiger partial charge in [0.25, 0.3) is 0 Å². The normalized spacial score (nSPS) is 19.1. The van der Waals surface area contributed by atoms with Gasteiger partial charge < -0.3 is 0 Å². The van der Waals surface area contributed by atoms with Gasteiger partial charge in [-0.25, -0.2) is 13.6 Å². The third-order valence-electron chi connectivity index (χ3n) is 3.12. The molecular formula is C13H17NO2S. The highest BCUT2D eigenvalue weighted by atomic mass is 32.2. The minimum Gasteiger partial charge on any atom is -0.225 e. The van der Waals surface area contributed by atoms with Crippen LogP contribution in [-0.4, -0.2) is 8.42 Å². The molecule has 1 aliphatic rings. The largest absolute Gasteiger partial charge is 0.238 e. The summed E-state index contributed by atoms with van der Waals surface area (Å²) in [7, 11) is -3.59. The van der Waals surface area contributed by atoms with Crippen LogP contribution in [0.25, 0.3) is 5.57 Å². The Morgan fingerprint density at radius 3 is 2.18 bits per heavy atom. The lowest BCUT2D eigenvalue weighted by atomic mass is 9.88. The number of benzene rings is 1. The average molecular weight is 251 g/mol. The molecule has 0 radical (unpaired) electrons. The number of nitrogens with two attached hydrogens (primary N) is 1. The lowest BCUT2D eigenvalue weighted by Gasteiger charge is -2.16. The van der Waals surface area contributed by atoms with Crippen LogP contribution in [0.4, 0.5) is 0 Å². The molecule has 0 fully saturated rings. The number of hydrogen-bond acceptors (Lipinski definition) is 2. The minimum atomic E-state index is -3.59. The Labute approximate surface area is 102 Å². The third-order valence-corrected chi connectivity index (χ3v) is 4.05. The fourth-order valence-electron chi connectivity index (χ4n) is 2.14.